The van der Waals surface area contributed by atoms with E-state index < -0.39 is 5.82 Å². The number of nitrogens with zero attached hydrogens (tertiary/aromatic N) is 1. The van der Waals surface area contributed by atoms with Crippen molar-refractivity contribution in [1.82, 2.24) is 5.32 Å². The van der Waals surface area contributed by atoms with E-state index in [1.54, 1.807) is 12.1 Å². The number of hydrogen-bond donors (Lipinski definition) is 2. The van der Waals surface area contributed by atoms with Crippen LogP contribution >= 0.6 is 11.6 Å². The van der Waals surface area contributed by atoms with Crippen LogP contribution in [-0.4, -0.2) is 19.1 Å². The van der Waals surface area contributed by atoms with Gasteiger partial charge >= 0.3 is 0 Å². The highest BCUT2D eigenvalue weighted by Gasteiger charge is 2.40. The lowest BCUT2D eigenvalue weighted by Gasteiger charge is -2.29. The topological polar surface area (TPSA) is 61.8 Å². The first-order valence-electron chi connectivity index (χ1n) is 7.66. The predicted molar refractivity (Wildman–Crippen MR) is 87.1 cm³/mol. The Morgan fingerprint density at radius 3 is 2.86 bits per heavy atom. The number of hydrogen-bond acceptors (Lipinski definition) is 3. The molecule has 0 aliphatic carbocycles. The van der Waals surface area contributed by atoms with Gasteiger partial charge in [0.05, 0.1) is 17.0 Å². The molecule has 0 bridgehead atoms. The van der Waals surface area contributed by atoms with Crippen molar-refractivity contribution in [2.45, 2.75) is 38.6 Å². The van der Waals surface area contributed by atoms with Crippen LogP contribution in [0.4, 0.5) is 4.39 Å². The lowest BCUT2D eigenvalue weighted by Crippen LogP contribution is -2.33. The van der Waals surface area contributed by atoms with Crippen LogP contribution in [0.3, 0.4) is 0 Å². The van der Waals surface area contributed by atoms with Crippen molar-refractivity contribution in [2.24, 2.45) is 17.1 Å². The van der Waals surface area contributed by atoms with E-state index in [4.69, 9.17) is 17.3 Å². The molecule has 1 aliphatic rings. The molecule has 3 unspecified atom stereocenters. The largest absolute Gasteiger partial charge is 0.330 e. The van der Waals surface area contributed by atoms with Crippen molar-refractivity contribution in [1.29, 1.82) is 5.26 Å². The number of halogens is 2. The van der Waals surface area contributed by atoms with E-state index in [2.05, 4.69) is 25.2 Å². The molecule has 2 rings (SSSR count). The highest BCUT2D eigenvalue weighted by Crippen LogP contribution is 2.39. The van der Waals surface area contributed by atoms with Crippen LogP contribution in [0.15, 0.2) is 18.2 Å². The summed E-state index contributed by atoms with van der Waals surface area (Å²) in [5, 5.41) is 13.1. The van der Waals surface area contributed by atoms with Gasteiger partial charge in [0.15, 0.2) is 0 Å². The highest BCUT2D eigenvalue weighted by atomic mass is 35.5. The van der Waals surface area contributed by atoms with E-state index in [1.807, 2.05) is 0 Å². The highest BCUT2D eigenvalue weighted by molar-refractivity contribution is 6.30. The quantitative estimate of drug-likeness (QED) is 0.872. The minimum atomic E-state index is -0.405. The Morgan fingerprint density at radius 2 is 2.23 bits per heavy atom. The summed E-state index contributed by atoms with van der Waals surface area (Å²) in [6, 6.07) is 7.42. The molecule has 1 saturated heterocycles. The average Bonchev–Trinajstić information content (AvgIpc) is 2.83. The summed E-state index contributed by atoms with van der Waals surface area (Å²) >= 11 is 5.88. The first kappa shape index (κ1) is 17.2. The van der Waals surface area contributed by atoms with Crippen LogP contribution in [0, 0.1) is 28.5 Å². The van der Waals surface area contributed by atoms with Crippen molar-refractivity contribution < 1.29 is 4.39 Å². The SMILES string of the molecule is CC(C)(CCN)CC1NCC(c2cccc(Cl)c2F)C1C#N. The zero-order valence-corrected chi connectivity index (χ0v) is 13.8. The van der Waals surface area contributed by atoms with Gasteiger partial charge in [0.2, 0.25) is 0 Å². The second-order valence-corrected chi connectivity index (χ2v) is 7.23. The van der Waals surface area contributed by atoms with Crippen molar-refractivity contribution in [2.75, 3.05) is 13.1 Å². The zero-order valence-electron chi connectivity index (χ0n) is 13.1. The summed E-state index contributed by atoms with van der Waals surface area (Å²) in [6.45, 7) is 5.54. The first-order valence-corrected chi connectivity index (χ1v) is 8.04. The van der Waals surface area contributed by atoms with E-state index in [0.717, 1.165) is 12.8 Å². The van der Waals surface area contributed by atoms with Crippen LogP contribution in [0.2, 0.25) is 5.02 Å². The zero-order chi connectivity index (χ0) is 16.3. The molecule has 1 aliphatic heterocycles. The van der Waals surface area contributed by atoms with E-state index in [9.17, 15) is 9.65 Å². The molecule has 1 aromatic rings. The smallest absolute Gasteiger partial charge is 0.145 e. The Bertz CT molecular complexity index is 568. The van der Waals surface area contributed by atoms with Crippen LogP contribution in [0.1, 0.15) is 38.2 Å². The molecular formula is C17H23ClFN3. The molecule has 1 fully saturated rings. The molecule has 22 heavy (non-hydrogen) atoms. The third-order valence-electron chi connectivity index (χ3n) is 4.59. The Kier molecular flexibility index (Phi) is 5.44. The maximum absolute atomic E-state index is 14.3. The summed E-state index contributed by atoms with van der Waals surface area (Å²) in [4.78, 5) is 0. The van der Waals surface area contributed by atoms with Crippen molar-refractivity contribution in [3.8, 4) is 6.07 Å². The van der Waals surface area contributed by atoms with Crippen LogP contribution in [0.5, 0.6) is 0 Å². The van der Waals surface area contributed by atoms with Gasteiger partial charge in [-0.2, -0.15) is 5.26 Å². The van der Waals surface area contributed by atoms with E-state index in [1.165, 1.54) is 6.07 Å². The summed E-state index contributed by atoms with van der Waals surface area (Å²) < 4.78 is 14.3. The fourth-order valence-corrected chi connectivity index (χ4v) is 3.57. The molecule has 0 saturated carbocycles. The van der Waals surface area contributed by atoms with Crippen LogP contribution in [-0.2, 0) is 0 Å². The molecule has 0 aromatic heterocycles. The molecule has 0 radical (unpaired) electrons. The number of nitriles is 1. The molecule has 1 aromatic carbocycles. The first-order chi connectivity index (χ1) is 10.4. The fourth-order valence-electron chi connectivity index (χ4n) is 3.39. The summed E-state index contributed by atoms with van der Waals surface area (Å²) in [7, 11) is 0. The molecule has 1 heterocycles. The average molecular weight is 324 g/mol. The second-order valence-electron chi connectivity index (χ2n) is 6.83. The molecule has 5 heteroatoms. The molecule has 3 nitrogen and oxygen atoms in total. The van der Waals surface area contributed by atoms with E-state index in [-0.39, 0.29) is 28.3 Å². The fraction of sp³-hybridized carbons (Fsp3) is 0.588. The van der Waals surface area contributed by atoms with Crippen LogP contribution in [0.25, 0.3) is 0 Å². The van der Waals surface area contributed by atoms with Gasteiger partial charge in [0.25, 0.3) is 0 Å². The van der Waals surface area contributed by atoms with E-state index >= 15 is 0 Å². The van der Waals surface area contributed by atoms with Crippen molar-refractivity contribution in [3.05, 3.63) is 34.6 Å². The van der Waals surface area contributed by atoms with Gasteiger partial charge in [0, 0.05) is 18.5 Å². The summed E-state index contributed by atoms with van der Waals surface area (Å²) in [5.74, 6) is -0.828. The molecule has 3 N–H and O–H groups in total. The predicted octanol–water partition coefficient (Wildman–Crippen LogP) is 3.44. The number of nitrogens with one attached hydrogen (secondary N) is 1. The molecule has 3 atom stereocenters. The molecule has 120 valence electrons. The Balaban J connectivity index is 2.20. The lowest BCUT2D eigenvalue weighted by molar-refractivity contribution is 0.261. The third kappa shape index (κ3) is 3.60. The number of nitrogens with two attached hydrogens (primary N) is 1. The second kappa shape index (κ2) is 6.95. The van der Waals surface area contributed by atoms with Crippen molar-refractivity contribution >= 4 is 11.6 Å². The Labute approximate surface area is 136 Å². The van der Waals surface area contributed by atoms with Gasteiger partial charge in [-0.3, -0.25) is 0 Å². The standard InChI is InChI=1S/C17H23ClFN3/c1-17(2,6-7-20)8-15-12(9-21)13(10-22-15)11-4-3-5-14(18)16(11)19/h3-5,12-13,15,22H,6-8,10,20H2,1-2H3. The molecular weight excluding hydrogens is 301 g/mol. The van der Waals surface area contributed by atoms with Crippen LogP contribution < -0.4 is 11.1 Å². The van der Waals surface area contributed by atoms with Gasteiger partial charge in [-0.15, -0.1) is 0 Å². The lowest BCUT2D eigenvalue weighted by atomic mass is 9.77. The third-order valence-corrected chi connectivity index (χ3v) is 4.88. The molecule has 0 amide bonds. The molecule has 0 spiro atoms. The monoisotopic (exact) mass is 323 g/mol. The number of benzene rings is 1. The Hall–Kier alpha value is -1.15. The van der Waals surface area contributed by atoms with Crippen molar-refractivity contribution in [3.63, 3.8) is 0 Å². The van der Waals surface area contributed by atoms with Gasteiger partial charge in [0.1, 0.15) is 5.82 Å². The maximum atomic E-state index is 14.3. The van der Waals surface area contributed by atoms with Gasteiger partial charge in [-0.1, -0.05) is 37.6 Å². The van der Waals surface area contributed by atoms with E-state index in [0.29, 0.717) is 18.7 Å². The summed E-state index contributed by atoms with van der Waals surface area (Å²) in [5.41, 5.74) is 6.25. The minimum Gasteiger partial charge on any atom is -0.330 e. The van der Waals surface area contributed by atoms with Gasteiger partial charge < -0.3 is 11.1 Å². The maximum Gasteiger partial charge on any atom is 0.145 e. The Morgan fingerprint density at radius 1 is 1.50 bits per heavy atom. The van der Waals surface area contributed by atoms with Gasteiger partial charge in [-0.05, 0) is 36.4 Å². The minimum absolute atomic E-state index is 0.0509. The normalized spacial score (nSPS) is 25.2. The summed E-state index contributed by atoms with van der Waals surface area (Å²) in [6.07, 6.45) is 1.75. The number of rotatable bonds is 5. The van der Waals surface area contributed by atoms with Gasteiger partial charge in [-0.25, -0.2) is 4.39 Å².